The number of hydroxylamine groups is 5. The van der Waals surface area contributed by atoms with Gasteiger partial charge in [0.2, 0.25) is 6.04 Å². The molecule has 3 aliphatic rings. The van der Waals surface area contributed by atoms with Gasteiger partial charge in [0.15, 0.2) is 0 Å². The minimum atomic E-state index is -4.87. The van der Waals surface area contributed by atoms with E-state index in [0.29, 0.717) is 24.4 Å². The van der Waals surface area contributed by atoms with Crippen molar-refractivity contribution in [3.63, 3.8) is 0 Å². The summed E-state index contributed by atoms with van der Waals surface area (Å²) in [6.45, 7) is 1.40. The summed E-state index contributed by atoms with van der Waals surface area (Å²) >= 11 is 0. The number of carbonyl (C=O) groups excluding carboxylic acids is 2. The van der Waals surface area contributed by atoms with Gasteiger partial charge in [0.05, 0.1) is 0 Å². The molecule has 4 N–H and O–H groups in total. The first kappa shape index (κ1) is 17.5. The summed E-state index contributed by atoms with van der Waals surface area (Å²) < 4.78 is 34.6. The Labute approximate surface area is 139 Å². The van der Waals surface area contributed by atoms with Crippen LogP contribution in [0, 0.1) is 0 Å². The van der Waals surface area contributed by atoms with Crippen LogP contribution in [0.25, 0.3) is 0 Å². The van der Waals surface area contributed by atoms with Crippen LogP contribution in [0.5, 0.6) is 0 Å². The number of nitrogens with two attached hydrogens (primary N) is 1. The zero-order chi connectivity index (χ0) is 17.5. The maximum absolute atomic E-state index is 12.8. The summed E-state index contributed by atoms with van der Waals surface area (Å²) in [7, 11) is -4.87. The van der Waals surface area contributed by atoms with Gasteiger partial charge in [-0.1, -0.05) is 4.65 Å². The minimum Gasteiger partial charge on any atom is -0.364 e. The molecule has 24 heavy (non-hydrogen) atoms. The van der Waals surface area contributed by atoms with Crippen molar-refractivity contribution in [3.05, 3.63) is 0 Å². The molecule has 0 aromatic rings. The molecule has 3 heterocycles. The third-order valence-corrected chi connectivity index (χ3v) is 5.04. The van der Waals surface area contributed by atoms with Gasteiger partial charge in [0, 0.05) is 13.0 Å². The molecular formula is C12H21N4O7S+. The second-order valence-corrected chi connectivity index (χ2v) is 7.32. The largest absolute Gasteiger partial charge is 0.477 e. The van der Waals surface area contributed by atoms with Gasteiger partial charge in [-0.15, -0.1) is 9.35 Å². The summed E-state index contributed by atoms with van der Waals surface area (Å²) in [4.78, 5) is 30.6. The molecule has 2 bridgehead atoms. The Hall–Kier alpha value is -1.31. The molecule has 3 rings (SSSR count). The van der Waals surface area contributed by atoms with E-state index in [4.69, 9.17) is 15.1 Å². The first-order valence-electron chi connectivity index (χ1n) is 7.80. The number of hydrogen-bond donors (Lipinski definition) is 3. The molecular weight excluding hydrogens is 344 g/mol. The van der Waals surface area contributed by atoms with Crippen molar-refractivity contribution in [1.29, 1.82) is 0 Å². The second-order valence-electron chi connectivity index (χ2n) is 6.31. The number of piperidine rings is 2. The molecule has 0 aromatic carbocycles. The van der Waals surface area contributed by atoms with E-state index < -0.39 is 39.1 Å². The van der Waals surface area contributed by atoms with E-state index >= 15 is 0 Å². The van der Waals surface area contributed by atoms with E-state index in [1.165, 1.54) is 0 Å². The topological polar surface area (TPSA) is 148 Å². The highest BCUT2D eigenvalue weighted by molar-refractivity contribution is 7.80. The Morgan fingerprint density at radius 1 is 1.38 bits per heavy atom. The first-order valence-corrected chi connectivity index (χ1v) is 9.16. The van der Waals surface area contributed by atoms with Crippen LogP contribution in [0.3, 0.4) is 0 Å². The lowest BCUT2D eigenvalue weighted by atomic mass is 10.00. The average Bonchev–Trinajstić information content (AvgIpc) is 2.68. The molecule has 3 saturated heterocycles. The van der Waals surface area contributed by atoms with Crippen molar-refractivity contribution in [3.8, 4) is 0 Å². The van der Waals surface area contributed by atoms with Crippen LogP contribution < -0.4 is 11.1 Å². The van der Waals surface area contributed by atoms with Gasteiger partial charge in [-0.3, -0.25) is 9.35 Å². The smallest absolute Gasteiger partial charge is 0.364 e. The molecule has 3 fully saturated rings. The number of hydrogen-bond acceptors (Lipinski definition) is 7. The van der Waals surface area contributed by atoms with Gasteiger partial charge in [0.25, 0.3) is 5.91 Å². The van der Waals surface area contributed by atoms with Gasteiger partial charge >= 0.3 is 16.4 Å². The Balaban J connectivity index is 1.90. The molecule has 12 heteroatoms. The SMILES string of the molecule is NC(=O)[C@@H]1CC[C@@H]2C[N+]1(O[C@@H]1CCCNC1)C(=O)N2OS(=O)(=O)O. The van der Waals surface area contributed by atoms with Crippen LogP contribution in [0.1, 0.15) is 25.7 Å². The minimum absolute atomic E-state index is 0.0401. The predicted molar refractivity (Wildman–Crippen MR) is 78.0 cm³/mol. The number of nitrogens with one attached hydrogen (secondary N) is 1. The molecule has 11 nitrogen and oxygen atoms in total. The van der Waals surface area contributed by atoms with Crippen LogP contribution >= 0.6 is 0 Å². The normalized spacial score (nSPS) is 36.8. The highest BCUT2D eigenvalue weighted by Gasteiger charge is 2.66. The summed E-state index contributed by atoms with van der Waals surface area (Å²) in [5.74, 6) is -0.695. The number of primary amides is 1. The van der Waals surface area contributed by atoms with Crippen LogP contribution in [0.2, 0.25) is 0 Å². The number of amides is 3. The number of nitrogens with zero attached hydrogens (tertiary/aromatic N) is 2. The number of fused-ring (bicyclic) bond motifs is 2. The lowest BCUT2D eigenvalue weighted by molar-refractivity contribution is -1.06. The van der Waals surface area contributed by atoms with Crippen molar-refractivity contribution in [2.75, 3.05) is 19.6 Å². The standard InChI is InChI=1S/C12H20N4O7S/c13-11(17)10-4-3-8-7-16(10,22-9-2-1-5-14-6-9)12(18)15(8)23-24(19,20)21/h8-10,14H,1-7H2,(H2-,13,17,19,20,21)/p+1/t8-,9-,10+,16?/m1/s1. The zero-order valence-corrected chi connectivity index (χ0v) is 13.8. The van der Waals surface area contributed by atoms with Crippen molar-refractivity contribution in [2.24, 2.45) is 5.73 Å². The maximum atomic E-state index is 12.8. The van der Waals surface area contributed by atoms with E-state index in [1.54, 1.807) is 0 Å². The number of rotatable bonds is 5. The summed E-state index contributed by atoms with van der Waals surface area (Å²) in [5, 5.41) is 3.74. The monoisotopic (exact) mass is 365 g/mol. The van der Waals surface area contributed by atoms with Crippen LogP contribution in [0.15, 0.2) is 0 Å². The highest BCUT2D eigenvalue weighted by Crippen LogP contribution is 2.39. The fourth-order valence-corrected chi connectivity index (χ4v) is 4.08. The van der Waals surface area contributed by atoms with Crippen LogP contribution in [-0.2, 0) is 24.3 Å². The molecule has 3 aliphatic heterocycles. The maximum Gasteiger partial charge on any atom is 0.477 e. The number of urea groups is 1. The Bertz CT molecular complexity index is 635. The predicted octanol–water partition coefficient (Wildman–Crippen LogP) is -1.33. The lowest BCUT2D eigenvalue weighted by Gasteiger charge is -2.38. The Morgan fingerprint density at radius 2 is 2.12 bits per heavy atom. The van der Waals surface area contributed by atoms with Gasteiger partial charge in [-0.05, 0) is 25.8 Å². The lowest BCUT2D eigenvalue weighted by Crippen LogP contribution is -2.65. The molecule has 0 aromatic heterocycles. The molecule has 0 radical (unpaired) electrons. The third-order valence-electron chi connectivity index (χ3n) is 4.69. The number of carbonyl (C=O) groups is 2. The van der Waals surface area contributed by atoms with Gasteiger partial charge in [0.1, 0.15) is 18.7 Å². The molecule has 4 atom stereocenters. The van der Waals surface area contributed by atoms with Crippen LogP contribution in [0.4, 0.5) is 4.79 Å². The molecule has 0 saturated carbocycles. The molecule has 136 valence electrons. The van der Waals surface area contributed by atoms with E-state index in [1.807, 2.05) is 0 Å². The first-order chi connectivity index (χ1) is 11.2. The summed E-state index contributed by atoms with van der Waals surface area (Å²) in [5.41, 5.74) is 5.45. The van der Waals surface area contributed by atoms with E-state index in [9.17, 15) is 18.0 Å². The third kappa shape index (κ3) is 3.12. The fourth-order valence-electron chi connectivity index (χ4n) is 3.70. The van der Waals surface area contributed by atoms with Crippen molar-refractivity contribution < 1.29 is 36.3 Å². The average molecular weight is 365 g/mol. The van der Waals surface area contributed by atoms with Gasteiger partial charge in [-0.25, -0.2) is 4.79 Å². The van der Waals surface area contributed by atoms with Crippen molar-refractivity contribution in [2.45, 2.75) is 43.9 Å². The van der Waals surface area contributed by atoms with Crippen LogP contribution in [-0.4, -0.2) is 72.4 Å². The Kier molecular flexibility index (Phi) is 4.53. The molecule has 3 amide bonds. The highest BCUT2D eigenvalue weighted by atomic mass is 32.3. The summed E-state index contributed by atoms with van der Waals surface area (Å²) in [6.07, 6.45) is 1.83. The van der Waals surface area contributed by atoms with E-state index in [0.717, 1.165) is 13.0 Å². The Morgan fingerprint density at radius 3 is 2.71 bits per heavy atom. The zero-order valence-electron chi connectivity index (χ0n) is 13.0. The quantitative estimate of drug-likeness (QED) is 0.401. The molecule has 0 aliphatic carbocycles. The van der Waals surface area contributed by atoms with Gasteiger partial charge < -0.3 is 11.1 Å². The number of quaternary nitrogens is 1. The van der Waals surface area contributed by atoms with Crippen molar-refractivity contribution >= 4 is 22.3 Å². The molecule has 0 spiro atoms. The fraction of sp³-hybridized carbons (Fsp3) is 0.833. The second kappa shape index (κ2) is 6.20. The summed E-state index contributed by atoms with van der Waals surface area (Å²) in [6, 6.07) is -2.39. The van der Waals surface area contributed by atoms with E-state index in [-0.39, 0.29) is 19.1 Å². The van der Waals surface area contributed by atoms with Gasteiger partial charge in [-0.2, -0.15) is 13.3 Å². The van der Waals surface area contributed by atoms with E-state index in [2.05, 4.69) is 9.60 Å². The molecule has 1 unspecified atom stereocenters. The van der Waals surface area contributed by atoms with Crippen molar-refractivity contribution in [1.82, 2.24) is 10.4 Å².